The number of hydrogen-bond acceptors (Lipinski definition) is 5. The molecule has 2 saturated heterocycles. The fraction of sp³-hybridized carbons (Fsp3) is 0.875. The Bertz CT molecular complexity index is 511. The maximum absolute atomic E-state index is 13.1. The third-order valence-electron chi connectivity index (χ3n) is 4.99. The second-order valence-corrected chi connectivity index (χ2v) is 13.1. The van der Waals surface area contributed by atoms with Crippen molar-refractivity contribution in [2.24, 2.45) is 0 Å². The monoisotopic (exact) mass is 366 g/mol. The Labute approximate surface area is 143 Å². The fourth-order valence-corrected chi connectivity index (χ4v) is 3.88. The maximum atomic E-state index is 13.1. The van der Waals surface area contributed by atoms with E-state index in [0.29, 0.717) is 0 Å². The van der Waals surface area contributed by atoms with E-state index < -0.39 is 50.4 Å². The van der Waals surface area contributed by atoms with Crippen LogP contribution in [0.1, 0.15) is 34.6 Å². The highest BCUT2D eigenvalue weighted by atomic mass is 28.4. The Morgan fingerprint density at radius 1 is 1.29 bits per heavy atom. The third kappa shape index (κ3) is 3.82. The predicted octanol–water partition coefficient (Wildman–Crippen LogP) is 3.40. The summed E-state index contributed by atoms with van der Waals surface area (Å²) in [4.78, 5) is 0. The lowest BCUT2D eigenvalue weighted by atomic mass is 10.1. The summed E-state index contributed by atoms with van der Waals surface area (Å²) in [6, 6.07) is 0. The number of ether oxygens (including phenoxy) is 3. The van der Waals surface area contributed by atoms with Crippen molar-refractivity contribution in [3.8, 4) is 0 Å². The minimum absolute atomic E-state index is 0.135. The molecular weight excluding hydrogens is 338 g/mol. The molecule has 4 atom stereocenters. The van der Waals surface area contributed by atoms with Gasteiger partial charge in [0.2, 0.25) is 0 Å². The molecule has 0 saturated carbocycles. The second kappa shape index (κ2) is 6.32. The molecule has 0 spiro atoms. The molecule has 2 aliphatic heterocycles. The molecule has 0 unspecified atom stereocenters. The van der Waals surface area contributed by atoms with Gasteiger partial charge in [-0.25, -0.2) is 0 Å². The summed E-state index contributed by atoms with van der Waals surface area (Å²) < 4.78 is 49.1. The van der Waals surface area contributed by atoms with Crippen molar-refractivity contribution in [3.63, 3.8) is 0 Å². The van der Waals surface area contributed by atoms with Crippen LogP contribution in [0.5, 0.6) is 0 Å². The summed E-state index contributed by atoms with van der Waals surface area (Å²) in [7, 11) is -2.31. The van der Waals surface area contributed by atoms with Crippen molar-refractivity contribution >= 4 is 8.32 Å². The first-order valence-corrected chi connectivity index (χ1v) is 11.1. The molecule has 0 aromatic carbocycles. The van der Waals surface area contributed by atoms with Crippen LogP contribution < -0.4 is 0 Å². The van der Waals surface area contributed by atoms with Gasteiger partial charge in [-0.1, -0.05) is 20.8 Å². The Hall–Kier alpha value is -0.543. The zero-order valence-electron chi connectivity index (χ0n) is 15.4. The first-order valence-electron chi connectivity index (χ1n) is 8.15. The number of aliphatic hydroxyl groups excluding tert-OH is 1. The quantitative estimate of drug-likeness (QED) is 0.776. The molecule has 8 heteroatoms. The number of hydrogen-bond donors (Lipinski definition) is 1. The van der Waals surface area contributed by atoms with E-state index in [1.54, 1.807) is 13.8 Å². The van der Waals surface area contributed by atoms with Gasteiger partial charge < -0.3 is 23.7 Å². The molecule has 2 fully saturated rings. The van der Waals surface area contributed by atoms with Crippen molar-refractivity contribution in [2.75, 3.05) is 6.61 Å². The Kier molecular flexibility index (Phi) is 5.21. The normalized spacial score (nSPS) is 33.7. The molecular formula is C16H28F2O5Si. The van der Waals surface area contributed by atoms with Gasteiger partial charge in [0.1, 0.15) is 18.3 Å². The first-order chi connectivity index (χ1) is 10.8. The molecule has 140 valence electrons. The van der Waals surface area contributed by atoms with Crippen LogP contribution in [0.25, 0.3) is 0 Å². The highest BCUT2D eigenvalue weighted by molar-refractivity contribution is 6.74. The van der Waals surface area contributed by atoms with E-state index in [1.807, 2.05) is 33.9 Å². The van der Waals surface area contributed by atoms with Crippen LogP contribution in [-0.4, -0.2) is 50.2 Å². The Morgan fingerprint density at radius 3 is 2.29 bits per heavy atom. The van der Waals surface area contributed by atoms with Crippen LogP contribution in [0.15, 0.2) is 11.8 Å². The van der Waals surface area contributed by atoms with Crippen molar-refractivity contribution in [1.29, 1.82) is 0 Å². The average molecular weight is 366 g/mol. The van der Waals surface area contributed by atoms with Gasteiger partial charge in [-0.05, 0) is 32.0 Å². The van der Waals surface area contributed by atoms with Gasteiger partial charge in [0.05, 0.1) is 6.61 Å². The van der Waals surface area contributed by atoms with E-state index in [1.165, 1.54) is 0 Å². The van der Waals surface area contributed by atoms with Gasteiger partial charge in [-0.15, -0.1) is 0 Å². The van der Waals surface area contributed by atoms with Gasteiger partial charge in [0, 0.05) is 0 Å². The van der Waals surface area contributed by atoms with E-state index in [4.69, 9.17) is 18.6 Å². The van der Waals surface area contributed by atoms with Crippen LogP contribution in [0.2, 0.25) is 18.1 Å². The fourth-order valence-electron chi connectivity index (χ4n) is 2.58. The standard InChI is InChI=1S/C16H28F2O5Si/c1-15(2,3)24(6,7)23-12-10(19)13(14(17)18)21-11(12)9-8-20-16(4,5)22-9/h9-12,19H,8H2,1-7H3/t9-,10-,11+,12-/m1/s1. The number of aliphatic hydroxyl groups is 1. The molecule has 0 radical (unpaired) electrons. The molecule has 5 nitrogen and oxygen atoms in total. The molecule has 0 amide bonds. The van der Waals surface area contributed by atoms with Gasteiger partial charge >= 0.3 is 6.08 Å². The Balaban J connectivity index is 2.28. The van der Waals surface area contributed by atoms with Crippen LogP contribution in [0.3, 0.4) is 0 Å². The average Bonchev–Trinajstić information content (AvgIpc) is 2.89. The van der Waals surface area contributed by atoms with E-state index >= 15 is 0 Å². The highest BCUT2D eigenvalue weighted by Gasteiger charge is 2.54. The number of halogens is 2. The topological polar surface area (TPSA) is 57.2 Å². The van der Waals surface area contributed by atoms with Crippen molar-refractivity contribution in [1.82, 2.24) is 0 Å². The SMILES string of the molecule is CC1(C)OC[C@H]([C@@H]2OC(=C(F)F)[C@H](O)[C@H]2O[Si](C)(C)C(C)(C)C)O1. The van der Waals surface area contributed by atoms with Crippen LogP contribution in [0.4, 0.5) is 8.78 Å². The van der Waals surface area contributed by atoms with Gasteiger partial charge in [0.15, 0.2) is 26.0 Å². The molecule has 1 N–H and O–H groups in total. The smallest absolute Gasteiger partial charge is 0.310 e. The van der Waals surface area contributed by atoms with Crippen LogP contribution in [-0.2, 0) is 18.6 Å². The minimum atomic E-state index is -2.31. The molecule has 2 heterocycles. The molecule has 2 aliphatic rings. The summed E-state index contributed by atoms with van der Waals surface area (Å²) in [5, 5.41) is 10.2. The third-order valence-corrected chi connectivity index (χ3v) is 9.46. The van der Waals surface area contributed by atoms with Crippen molar-refractivity contribution in [2.45, 2.75) is 83.0 Å². The lowest BCUT2D eigenvalue weighted by Crippen LogP contribution is -2.51. The largest absolute Gasteiger partial charge is 0.481 e. The molecule has 0 aromatic rings. The lowest BCUT2D eigenvalue weighted by molar-refractivity contribution is -0.156. The van der Waals surface area contributed by atoms with Crippen LogP contribution in [0, 0.1) is 0 Å². The van der Waals surface area contributed by atoms with E-state index in [2.05, 4.69) is 0 Å². The summed E-state index contributed by atoms with van der Waals surface area (Å²) in [5.74, 6) is -1.54. The zero-order valence-corrected chi connectivity index (χ0v) is 16.4. The summed E-state index contributed by atoms with van der Waals surface area (Å²) in [5.41, 5.74) is 0. The summed E-state index contributed by atoms with van der Waals surface area (Å²) >= 11 is 0. The Morgan fingerprint density at radius 2 is 1.88 bits per heavy atom. The minimum Gasteiger partial charge on any atom is -0.481 e. The summed E-state index contributed by atoms with van der Waals surface area (Å²) in [6.45, 7) is 13.8. The van der Waals surface area contributed by atoms with Crippen molar-refractivity contribution in [3.05, 3.63) is 11.8 Å². The van der Waals surface area contributed by atoms with Crippen LogP contribution >= 0.6 is 0 Å². The second-order valence-electron chi connectivity index (χ2n) is 8.36. The van der Waals surface area contributed by atoms with Gasteiger partial charge in [0.25, 0.3) is 0 Å². The van der Waals surface area contributed by atoms with Gasteiger partial charge in [-0.3, -0.25) is 0 Å². The number of rotatable bonds is 3. The molecule has 0 aromatic heterocycles. The zero-order chi connectivity index (χ0) is 18.5. The lowest BCUT2D eigenvalue weighted by Gasteiger charge is -2.40. The predicted molar refractivity (Wildman–Crippen MR) is 87.1 cm³/mol. The van der Waals surface area contributed by atoms with E-state index in [0.717, 1.165) is 0 Å². The maximum Gasteiger partial charge on any atom is 0.310 e. The van der Waals surface area contributed by atoms with E-state index in [-0.39, 0.29) is 11.6 Å². The molecule has 2 rings (SSSR count). The molecule has 24 heavy (non-hydrogen) atoms. The first kappa shape index (κ1) is 19.8. The molecule has 0 aliphatic carbocycles. The van der Waals surface area contributed by atoms with Crippen molar-refractivity contribution < 1.29 is 32.5 Å². The van der Waals surface area contributed by atoms with Gasteiger partial charge in [-0.2, -0.15) is 8.78 Å². The summed E-state index contributed by atoms with van der Waals surface area (Å²) in [6.07, 6.45) is -5.88. The molecule has 0 bridgehead atoms. The van der Waals surface area contributed by atoms with E-state index in [9.17, 15) is 13.9 Å². The highest BCUT2D eigenvalue weighted by Crippen LogP contribution is 2.42.